The maximum Gasteiger partial charge on any atom is 0.164 e. The molecular formula is C14H16FN3O. The number of nitrogens with zero attached hydrogens (tertiary/aromatic N) is 3. The number of hydrogen-bond donors (Lipinski definition) is 1. The second kappa shape index (κ2) is 4.74. The van der Waals surface area contributed by atoms with Crippen molar-refractivity contribution in [3.05, 3.63) is 35.4 Å². The van der Waals surface area contributed by atoms with Gasteiger partial charge in [-0.3, -0.25) is 0 Å². The van der Waals surface area contributed by atoms with Crippen molar-refractivity contribution in [2.45, 2.75) is 26.3 Å². The number of benzene rings is 1. The number of aryl methyl sites for hydroxylation is 2. The molecule has 0 saturated carbocycles. The Kier molecular flexibility index (Phi) is 3.06. The van der Waals surface area contributed by atoms with Gasteiger partial charge in [0.25, 0.3) is 0 Å². The van der Waals surface area contributed by atoms with Gasteiger partial charge in [0.15, 0.2) is 5.82 Å². The molecule has 3 rings (SSSR count). The van der Waals surface area contributed by atoms with Crippen molar-refractivity contribution in [1.29, 1.82) is 0 Å². The molecule has 1 unspecified atom stereocenters. The average molecular weight is 261 g/mol. The number of hydrogen-bond acceptors (Lipinski definition) is 3. The van der Waals surface area contributed by atoms with Crippen LogP contribution in [0.15, 0.2) is 18.2 Å². The van der Waals surface area contributed by atoms with Crippen LogP contribution in [-0.2, 0) is 13.0 Å². The standard InChI is InChI=1S/C14H16FN3O/c1-9-2-4-11(15)6-12(9)14-17-16-13-5-3-10(8-19)7-18(13)14/h2,4,6,10,19H,3,5,7-8H2,1H3. The molecule has 0 radical (unpaired) electrons. The highest BCUT2D eigenvalue weighted by Gasteiger charge is 2.23. The van der Waals surface area contributed by atoms with Crippen molar-refractivity contribution in [3.8, 4) is 11.4 Å². The second-order valence-corrected chi connectivity index (χ2v) is 5.10. The zero-order valence-electron chi connectivity index (χ0n) is 10.8. The molecule has 1 aliphatic heterocycles. The summed E-state index contributed by atoms with van der Waals surface area (Å²) in [6, 6.07) is 4.69. The first kappa shape index (κ1) is 12.3. The fourth-order valence-corrected chi connectivity index (χ4v) is 2.58. The quantitative estimate of drug-likeness (QED) is 0.899. The molecule has 0 amide bonds. The van der Waals surface area contributed by atoms with E-state index in [-0.39, 0.29) is 18.3 Å². The number of fused-ring (bicyclic) bond motifs is 1. The van der Waals surface area contributed by atoms with E-state index in [0.29, 0.717) is 12.4 Å². The largest absolute Gasteiger partial charge is 0.396 e. The minimum Gasteiger partial charge on any atom is -0.396 e. The SMILES string of the molecule is Cc1ccc(F)cc1-c1nnc2n1CC(CO)CC2. The van der Waals surface area contributed by atoms with Gasteiger partial charge in [-0.15, -0.1) is 10.2 Å². The van der Waals surface area contributed by atoms with E-state index in [2.05, 4.69) is 10.2 Å². The summed E-state index contributed by atoms with van der Waals surface area (Å²) in [5.41, 5.74) is 1.75. The molecule has 0 saturated heterocycles. The lowest BCUT2D eigenvalue weighted by atomic mass is 9.99. The van der Waals surface area contributed by atoms with Gasteiger partial charge in [-0.1, -0.05) is 6.07 Å². The summed E-state index contributed by atoms with van der Waals surface area (Å²) >= 11 is 0. The molecule has 2 aromatic rings. The van der Waals surface area contributed by atoms with Crippen molar-refractivity contribution in [2.24, 2.45) is 5.92 Å². The summed E-state index contributed by atoms with van der Waals surface area (Å²) in [4.78, 5) is 0. The van der Waals surface area contributed by atoms with Crippen LogP contribution < -0.4 is 0 Å². The molecule has 0 spiro atoms. The van der Waals surface area contributed by atoms with E-state index in [1.54, 1.807) is 6.07 Å². The molecule has 1 atom stereocenters. The predicted octanol–water partition coefficient (Wildman–Crippen LogP) is 1.95. The number of rotatable bonds is 2. The molecule has 5 heteroatoms. The Morgan fingerprint density at radius 3 is 3.05 bits per heavy atom. The topological polar surface area (TPSA) is 50.9 Å². The summed E-state index contributed by atoms with van der Waals surface area (Å²) in [6.45, 7) is 2.80. The van der Waals surface area contributed by atoms with Gasteiger partial charge >= 0.3 is 0 Å². The maximum atomic E-state index is 13.4. The number of halogens is 1. The summed E-state index contributed by atoms with van der Waals surface area (Å²) in [5.74, 6) is 1.58. The van der Waals surface area contributed by atoms with Crippen LogP contribution in [0.2, 0.25) is 0 Å². The molecule has 0 fully saturated rings. The Labute approximate surface area is 110 Å². The minimum atomic E-state index is -0.271. The lowest BCUT2D eigenvalue weighted by molar-refractivity contribution is 0.191. The molecule has 19 heavy (non-hydrogen) atoms. The van der Waals surface area contributed by atoms with E-state index < -0.39 is 0 Å². The predicted molar refractivity (Wildman–Crippen MR) is 69.0 cm³/mol. The maximum absolute atomic E-state index is 13.4. The van der Waals surface area contributed by atoms with Crippen LogP contribution in [-0.4, -0.2) is 26.5 Å². The van der Waals surface area contributed by atoms with E-state index in [0.717, 1.165) is 29.8 Å². The van der Waals surface area contributed by atoms with Crippen molar-refractivity contribution >= 4 is 0 Å². The molecule has 1 aromatic heterocycles. The lowest BCUT2D eigenvalue weighted by Crippen LogP contribution is -2.23. The summed E-state index contributed by atoms with van der Waals surface area (Å²) in [5, 5.41) is 17.7. The minimum absolute atomic E-state index is 0.166. The third-order valence-electron chi connectivity index (χ3n) is 3.74. The fraction of sp³-hybridized carbons (Fsp3) is 0.429. The van der Waals surface area contributed by atoms with Gasteiger partial charge in [-0.2, -0.15) is 0 Å². The Bertz CT molecular complexity index is 609. The molecule has 2 heterocycles. The van der Waals surface area contributed by atoms with Gasteiger partial charge in [-0.05, 0) is 31.0 Å². The first-order chi connectivity index (χ1) is 9.19. The van der Waals surface area contributed by atoms with Crippen molar-refractivity contribution in [1.82, 2.24) is 14.8 Å². The van der Waals surface area contributed by atoms with Crippen LogP contribution in [0.1, 0.15) is 17.8 Å². The summed E-state index contributed by atoms with van der Waals surface area (Å²) in [7, 11) is 0. The van der Waals surface area contributed by atoms with Crippen LogP contribution in [0.3, 0.4) is 0 Å². The third-order valence-corrected chi connectivity index (χ3v) is 3.74. The van der Waals surface area contributed by atoms with Gasteiger partial charge in [0.05, 0.1) is 0 Å². The van der Waals surface area contributed by atoms with Crippen LogP contribution in [0.25, 0.3) is 11.4 Å². The van der Waals surface area contributed by atoms with E-state index >= 15 is 0 Å². The fourth-order valence-electron chi connectivity index (χ4n) is 2.58. The molecule has 0 aliphatic carbocycles. The molecule has 1 aliphatic rings. The number of aliphatic hydroxyl groups excluding tert-OH is 1. The summed E-state index contributed by atoms with van der Waals surface area (Å²) < 4.78 is 15.4. The second-order valence-electron chi connectivity index (χ2n) is 5.10. The molecule has 100 valence electrons. The molecule has 1 aromatic carbocycles. The Morgan fingerprint density at radius 2 is 2.26 bits per heavy atom. The van der Waals surface area contributed by atoms with Crippen molar-refractivity contribution in [3.63, 3.8) is 0 Å². The van der Waals surface area contributed by atoms with E-state index in [4.69, 9.17) is 0 Å². The number of aliphatic hydroxyl groups is 1. The van der Waals surface area contributed by atoms with E-state index in [1.807, 2.05) is 11.5 Å². The average Bonchev–Trinajstić information content (AvgIpc) is 2.84. The van der Waals surface area contributed by atoms with Crippen molar-refractivity contribution < 1.29 is 9.50 Å². The van der Waals surface area contributed by atoms with Gasteiger partial charge in [0.2, 0.25) is 0 Å². The van der Waals surface area contributed by atoms with Gasteiger partial charge in [0, 0.05) is 31.1 Å². The highest BCUT2D eigenvalue weighted by Crippen LogP contribution is 2.27. The Balaban J connectivity index is 2.07. The van der Waals surface area contributed by atoms with Crippen LogP contribution in [0.5, 0.6) is 0 Å². The zero-order valence-corrected chi connectivity index (χ0v) is 10.8. The van der Waals surface area contributed by atoms with Gasteiger partial charge < -0.3 is 9.67 Å². The first-order valence-corrected chi connectivity index (χ1v) is 6.48. The lowest BCUT2D eigenvalue weighted by Gasteiger charge is -2.22. The highest BCUT2D eigenvalue weighted by atomic mass is 19.1. The van der Waals surface area contributed by atoms with Gasteiger partial charge in [-0.25, -0.2) is 4.39 Å². The Hall–Kier alpha value is -1.75. The normalized spacial score (nSPS) is 18.4. The van der Waals surface area contributed by atoms with Gasteiger partial charge in [0.1, 0.15) is 11.6 Å². The first-order valence-electron chi connectivity index (χ1n) is 6.48. The van der Waals surface area contributed by atoms with E-state index in [9.17, 15) is 9.50 Å². The molecule has 1 N–H and O–H groups in total. The zero-order chi connectivity index (χ0) is 13.4. The molecular weight excluding hydrogens is 245 g/mol. The highest BCUT2D eigenvalue weighted by molar-refractivity contribution is 5.60. The Morgan fingerprint density at radius 1 is 1.42 bits per heavy atom. The summed E-state index contributed by atoms with van der Waals surface area (Å²) in [6.07, 6.45) is 1.74. The molecule has 0 bridgehead atoms. The van der Waals surface area contributed by atoms with E-state index in [1.165, 1.54) is 12.1 Å². The van der Waals surface area contributed by atoms with Crippen LogP contribution in [0.4, 0.5) is 4.39 Å². The van der Waals surface area contributed by atoms with Crippen molar-refractivity contribution in [2.75, 3.05) is 6.61 Å². The number of aromatic nitrogens is 3. The van der Waals surface area contributed by atoms with Crippen LogP contribution in [0, 0.1) is 18.7 Å². The molecule has 4 nitrogen and oxygen atoms in total. The monoisotopic (exact) mass is 261 g/mol. The third kappa shape index (κ3) is 2.14. The smallest absolute Gasteiger partial charge is 0.164 e. The van der Waals surface area contributed by atoms with Crippen LogP contribution >= 0.6 is 0 Å².